The Labute approximate surface area is 196 Å². The predicted octanol–water partition coefficient (Wildman–Crippen LogP) is 1.65. The van der Waals surface area contributed by atoms with Crippen LogP contribution in [-0.2, 0) is 11.3 Å². The van der Waals surface area contributed by atoms with Crippen molar-refractivity contribution in [3.05, 3.63) is 39.2 Å². The molecule has 3 aliphatic rings. The third-order valence-corrected chi connectivity index (χ3v) is 8.11. The molecule has 0 radical (unpaired) electrons. The Bertz CT molecular complexity index is 1310. The number of H-pyrrole nitrogens is 1. The number of thiophene rings is 1. The standard InChI is InChI=1S/C25H29N5O2S/c26-25(31)19-14-21(22-6-4-17(33-22)15-29-7-1-2-8-29)28-23-18-5-3-16(13-20(18)27-24(19)23)30-9-11-32-12-10-30/h4-6,13-14,16,27H,1-3,7-12,15H2,(H2,26,31). The van der Waals surface area contributed by atoms with Crippen LogP contribution < -0.4 is 16.3 Å². The fourth-order valence-corrected chi connectivity index (χ4v) is 6.29. The summed E-state index contributed by atoms with van der Waals surface area (Å²) in [5.41, 5.74) is 8.70. The third-order valence-electron chi connectivity index (χ3n) is 7.02. The summed E-state index contributed by atoms with van der Waals surface area (Å²) in [6, 6.07) is 6.49. The predicted molar refractivity (Wildman–Crippen MR) is 131 cm³/mol. The van der Waals surface area contributed by atoms with Crippen molar-refractivity contribution in [3.63, 3.8) is 0 Å². The van der Waals surface area contributed by atoms with E-state index in [4.69, 9.17) is 15.5 Å². The van der Waals surface area contributed by atoms with Crippen LogP contribution in [0.5, 0.6) is 0 Å². The van der Waals surface area contributed by atoms with Crippen LogP contribution in [0.3, 0.4) is 0 Å². The summed E-state index contributed by atoms with van der Waals surface area (Å²) in [6.07, 6.45) is 8.03. The van der Waals surface area contributed by atoms with Crippen molar-refractivity contribution in [2.45, 2.75) is 31.8 Å². The fourth-order valence-electron chi connectivity index (χ4n) is 5.28. The summed E-state index contributed by atoms with van der Waals surface area (Å²) in [6.45, 7) is 6.78. The number of hydrogen-bond donors (Lipinski definition) is 2. The number of nitrogens with zero attached hydrogens (tertiary/aromatic N) is 3. The maximum atomic E-state index is 12.4. The minimum Gasteiger partial charge on any atom is -0.379 e. The Kier molecular flexibility index (Phi) is 5.54. The van der Waals surface area contributed by atoms with Crippen molar-refractivity contribution < 1.29 is 9.53 Å². The minimum absolute atomic E-state index is 0.330. The lowest BCUT2D eigenvalue weighted by molar-refractivity contribution is 0.0290. The van der Waals surface area contributed by atoms with Gasteiger partial charge >= 0.3 is 0 Å². The molecular formula is C25H29N5O2S. The lowest BCUT2D eigenvalue weighted by Gasteiger charge is -2.32. The summed E-state index contributed by atoms with van der Waals surface area (Å²) in [5, 5.41) is 2.11. The summed E-state index contributed by atoms with van der Waals surface area (Å²) < 4.78 is 5.51. The SMILES string of the molecule is NC(=O)c1cc(-c2ccc(CN3CCCC3)s2)nc2c3c([nH]c12)=CC(N1CCOCC1)CC=3. The Hall–Kier alpha value is -2.52. The molecule has 3 N–H and O–H groups in total. The number of pyridine rings is 1. The second-order valence-corrected chi connectivity index (χ2v) is 10.3. The molecule has 2 saturated heterocycles. The summed E-state index contributed by atoms with van der Waals surface area (Å²) in [7, 11) is 0. The molecule has 1 aliphatic carbocycles. The molecule has 0 bridgehead atoms. The zero-order valence-electron chi connectivity index (χ0n) is 18.7. The first-order valence-corrected chi connectivity index (χ1v) is 12.7. The van der Waals surface area contributed by atoms with E-state index in [2.05, 4.69) is 39.1 Å². The maximum absolute atomic E-state index is 12.4. The number of hydrogen-bond acceptors (Lipinski definition) is 6. The first kappa shape index (κ1) is 21.0. The molecule has 3 aromatic rings. The van der Waals surface area contributed by atoms with Crippen molar-refractivity contribution in [1.82, 2.24) is 19.8 Å². The van der Waals surface area contributed by atoms with Gasteiger partial charge in [0, 0.05) is 41.1 Å². The van der Waals surface area contributed by atoms with Gasteiger partial charge in [0.2, 0.25) is 0 Å². The van der Waals surface area contributed by atoms with Gasteiger partial charge in [0.05, 0.1) is 40.4 Å². The molecule has 1 unspecified atom stereocenters. The topological polar surface area (TPSA) is 87.5 Å². The lowest BCUT2D eigenvalue weighted by atomic mass is 10.0. The molecule has 7 nitrogen and oxygen atoms in total. The van der Waals surface area contributed by atoms with E-state index < -0.39 is 5.91 Å². The molecule has 0 saturated carbocycles. The van der Waals surface area contributed by atoms with E-state index in [0.717, 1.165) is 71.4 Å². The maximum Gasteiger partial charge on any atom is 0.250 e. The normalized spacial score (nSPS) is 21.6. The number of aromatic amines is 1. The van der Waals surface area contributed by atoms with Gasteiger partial charge in [-0.2, -0.15) is 0 Å². The number of amides is 1. The number of morpholine rings is 1. The van der Waals surface area contributed by atoms with E-state index in [0.29, 0.717) is 11.6 Å². The van der Waals surface area contributed by atoms with Crippen LogP contribution in [0.1, 0.15) is 34.5 Å². The molecule has 2 fully saturated rings. The number of ether oxygens (including phenoxy) is 1. The smallest absolute Gasteiger partial charge is 0.250 e. The molecule has 33 heavy (non-hydrogen) atoms. The highest BCUT2D eigenvalue weighted by molar-refractivity contribution is 7.15. The van der Waals surface area contributed by atoms with E-state index in [1.165, 1.54) is 30.8 Å². The number of fused-ring (bicyclic) bond motifs is 3. The van der Waals surface area contributed by atoms with Crippen LogP contribution >= 0.6 is 11.3 Å². The number of primary amides is 1. The molecule has 1 atom stereocenters. The molecule has 0 spiro atoms. The summed E-state index contributed by atoms with van der Waals surface area (Å²) in [4.78, 5) is 28.2. The van der Waals surface area contributed by atoms with Gasteiger partial charge in [-0.25, -0.2) is 4.98 Å². The van der Waals surface area contributed by atoms with Gasteiger partial charge in [0.15, 0.2) is 0 Å². The van der Waals surface area contributed by atoms with Crippen LogP contribution in [-0.4, -0.2) is 71.1 Å². The first-order valence-electron chi connectivity index (χ1n) is 11.8. The number of aromatic nitrogens is 2. The quantitative estimate of drug-likeness (QED) is 0.601. The molecule has 172 valence electrons. The lowest BCUT2D eigenvalue weighted by Crippen LogP contribution is -2.45. The van der Waals surface area contributed by atoms with Crippen LogP contribution in [0, 0.1) is 0 Å². The highest BCUT2D eigenvalue weighted by atomic mass is 32.1. The van der Waals surface area contributed by atoms with Gasteiger partial charge in [0.25, 0.3) is 5.91 Å². The molecule has 3 aromatic heterocycles. The number of carbonyl (C=O) groups excluding carboxylic acids is 1. The average molecular weight is 464 g/mol. The molecule has 2 aliphatic heterocycles. The van der Waals surface area contributed by atoms with E-state index in [1.54, 1.807) is 11.3 Å². The zero-order valence-corrected chi connectivity index (χ0v) is 19.5. The molecular weight excluding hydrogens is 434 g/mol. The van der Waals surface area contributed by atoms with Crippen LogP contribution in [0.15, 0.2) is 18.2 Å². The van der Waals surface area contributed by atoms with Gasteiger partial charge in [-0.05, 0) is 56.6 Å². The second-order valence-electron chi connectivity index (χ2n) is 9.17. The summed E-state index contributed by atoms with van der Waals surface area (Å²) >= 11 is 1.76. The number of nitrogens with two attached hydrogens (primary N) is 1. The second kappa shape index (κ2) is 8.68. The van der Waals surface area contributed by atoms with Crippen LogP contribution in [0.2, 0.25) is 0 Å². The van der Waals surface area contributed by atoms with Crippen molar-refractivity contribution in [3.8, 4) is 10.6 Å². The highest BCUT2D eigenvalue weighted by Gasteiger charge is 2.22. The number of carbonyl (C=O) groups is 1. The van der Waals surface area contributed by atoms with Gasteiger partial charge in [-0.3, -0.25) is 14.6 Å². The molecule has 1 amide bonds. The molecule has 6 rings (SSSR count). The van der Waals surface area contributed by atoms with Crippen molar-refractivity contribution in [1.29, 1.82) is 0 Å². The van der Waals surface area contributed by atoms with Crippen LogP contribution in [0.4, 0.5) is 0 Å². The molecule has 5 heterocycles. The Balaban J connectivity index is 1.39. The van der Waals surface area contributed by atoms with E-state index >= 15 is 0 Å². The number of likely N-dealkylation sites (tertiary alicyclic amines) is 1. The minimum atomic E-state index is -0.430. The van der Waals surface area contributed by atoms with Gasteiger partial charge in [-0.1, -0.05) is 6.08 Å². The monoisotopic (exact) mass is 463 g/mol. The Morgan fingerprint density at radius 1 is 1.21 bits per heavy atom. The third kappa shape index (κ3) is 4.01. The molecule has 0 aromatic carbocycles. The van der Waals surface area contributed by atoms with Gasteiger partial charge in [0.1, 0.15) is 0 Å². The van der Waals surface area contributed by atoms with Gasteiger partial charge < -0.3 is 15.5 Å². The van der Waals surface area contributed by atoms with Crippen molar-refractivity contribution >= 4 is 40.4 Å². The van der Waals surface area contributed by atoms with E-state index in [-0.39, 0.29) is 0 Å². The van der Waals surface area contributed by atoms with Gasteiger partial charge in [-0.15, -0.1) is 11.3 Å². The van der Waals surface area contributed by atoms with Crippen LogP contribution in [0.25, 0.3) is 33.8 Å². The molecule has 8 heteroatoms. The van der Waals surface area contributed by atoms with Crippen molar-refractivity contribution in [2.24, 2.45) is 5.73 Å². The highest BCUT2D eigenvalue weighted by Crippen LogP contribution is 2.30. The fraction of sp³-hybridized carbons (Fsp3) is 0.440. The van der Waals surface area contributed by atoms with E-state index in [9.17, 15) is 4.79 Å². The van der Waals surface area contributed by atoms with E-state index in [1.807, 2.05) is 6.07 Å². The number of nitrogens with one attached hydrogen (secondary N) is 1. The number of rotatable bonds is 5. The zero-order chi connectivity index (χ0) is 22.4. The average Bonchev–Trinajstić information content (AvgIpc) is 3.59. The largest absolute Gasteiger partial charge is 0.379 e. The Morgan fingerprint density at radius 2 is 2.03 bits per heavy atom. The first-order chi connectivity index (χ1) is 16.2. The Morgan fingerprint density at radius 3 is 2.82 bits per heavy atom. The summed E-state index contributed by atoms with van der Waals surface area (Å²) in [5.74, 6) is -0.430. The van der Waals surface area contributed by atoms with Crippen molar-refractivity contribution in [2.75, 3.05) is 39.4 Å².